The maximum absolute atomic E-state index is 13.0. The summed E-state index contributed by atoms with van der Waals surface area (Å²) in [6.07, 6.45) is 1.51. The Morgan fingerprint density at radius 3 is 2.88 bits per heavy atom. The summed E-state index contributed by atoms with van der Waals surface area (Å²) in [4.78, 5) is 14.9. The highest BCUT2D eigenvalue weighted by Gasteiger charge is 2.46. The van der Waals surface area contributed by atoms with Gasteiger partial charge in [-0.2, -0.15) is 11.3 Å². The van der Waals surface area contributed by atoms with Gasteiger partial charge in [-0.3, -0.25) is 9.69 Å². The molecular formula is C18H21F2N3OS. The van der Waals surface area contributed by atoms with Crippen LogP contribution in [-0.4, -0.2) is 33.9 Å². The Morgan fingerprint density at radius 1 is 1.32 bits per heavy atom. The van der Waals surface area contributed by atoms with Crippen LogP contribution in [-0.2, 0) is 24.4 Å². The van der Waals surface area contributed by atoms with E-state index < -0.39 is 5.92 Å². The minimum Gasteiger partial charge on any atom is -0.353 e. The molecule has 1 aliphatic heterocycles. The number of thiophene rings is 1. The molecule has 0 radical (unpaired) electrons. The third-order valence-corrected chi connectivity index (χ3v) is 5.73. The van der Waals surface area contributed by atoms with E-state index >= 15 is 0 Å². The molecule has 1 N–H and O–H groups in total. The van der Waals surface area contributed by atoms with E-state index in [0.717, 1.165) is 13.1 Å². The van der Waals surface area contributed by atoms with Gasteiger partial charge in [0, 0.05) is 57.0 Å². The fraction of sp³-hybridized carbons (Fsp3) is 0.500. The van der Waals surface area contributed by atoms with Crippen LogP contribution in [0.4, 0.5) is 8.78 Å². The van der Waals surface area contributed by atoms with Crippen LogP contribution in [0.1, 0.15) is 24.1 Å². The van der Waals surface area contributed by atoms with E-state index in [1.165, 1.54) is 11.3 Å². The normalized spacial score (nSPS) is 23.5. The Balaban J connectivity index is 1.46. The van der Waals surface area contributed by atoms with Gasteiger partial charge < -0.3 is 9.88 Å². The highest BCUT2D eigenvalue weighted by molar-refractivity contribution is 7.07. The average Bonchev–Trinajstić information content (AvgIpc) is 3.14. The highest BCUT2D eigenvalue weighted by atomic mass is 32.1. The first kappa shape index (κ1) is 16.7. The number of carbonyl (C=O) groups is 1. The second kappa shape index (κ2) is 6.53. The summed E-state index contributed by atoms with van der Waals surface area (Å²) in [6.45, 7) is 2.80. The monoisotopic (exact) mass is 365 g/mol. The number of nitrogens with zero attached hydrogens (tertiary/aromatic N) is 2. The van der Waals surface area contributed by atoms with Crippen molar-refractivity contribution >= 4 is 17.2 Å². The number of aromatic nitrogens is 1. The summed E-state index contributed by atoms with van der Waals surface area (Å²) in [6, 6.07) is 5.78. The summed E-state index contributed by atoms with van der Waals surface area (Å²) in [5.41, 5.74) is 2.42. The fourth-order valence-electron chi connectivity index (χ4n) is 3.68. The number of alkyl halides is 2. The number of hydrogen-bond donors (Lipinski definition) is 1. The molecule has 25 heavy (non-hydrogen) atoms. The zero-order valence-electron chi connectivity index (χ0n) is 13.8. The Morgan fingerprint density at radius 2 is 2.16 bits per heavy atom. The molecule has 0 bridgehead atoms. The molecule has 1 saturated carbocycles. The van der Waals surface area contributed by atoms with Gasteiger partial charge in [0.25, 0.3) is 5.92 Å². The fourth-order valence-corrected chi connectivity index (χ4v) is 4.34. The van der Waals surface area contributed by atoms with Gasteiger partial charge in [-0.25, -0.2) is 8.78 Å². The van der Waals surface area contributed by atoms with E-state index in [1.807, 2.05) is 12.3 Å². The predicted molar refractivity (Wildman–Crippen MR) is 92.5 cm³/mol. The van der Waals surface area contributed by atoms with Crippen molar-refractivity contribution in [2.75, 3.05) is 6.54 Å². The zero-order chi connectivity index (χ0) is 17.4. The SMILES string of the molecule is O=C(NC1CC(F)(F)C1)C1CN(Cc2ccsc2)Cc2cccn2C1. The molecule has 4 rings (SSSR count). The molecule has 1 amide bonds. The average molecular weight is 365 g/mol. The number of nitrogens with one attached hydrogen (secondary N) is 1. The lowest BCUT2D eigenvalue weighted by Crippen LogP contribution is -2.53. The molecule has 2 aromatic rings. The number of carbonyl (C=O) groups excluding carboxylic acids is 1. The first-order valence-electron chi connectivity index (χ1n) is 8.54. The standard InChI is InChI=1S/C18H21F2N3OS/c19-18(20)6-15(7-18)21-17(24)14-9-22(8-13-3-5-25-12-13)11-16-2-1-4-23(16)10-14/h1-5,12,14-15H,6-11H2,(H,21,24). The van der Waals surface area contributed by atoms with Crippen LogP contribution in [0.5, 0.6) is 0 Å². The van der Waals surface area contributed by atoms with Gasteiger partial charge in [0.05, 0.1) is 5.92 Å². The molecule has 1 unspecified atom stereocenters. The molecule has 4 nitrogen and oxygen atoms in total. The van der Waals surface area contributed by atoms with E-state index in [0.29, 0.717) is 13.1 Å². The second-order valence-electron chi connectivity index (χ2n) is 7.12. The molecule has 1 aliphatic carbocycles. The topological polar surface area (TPSA) is 37.3 Å². The van der Waals surface area contributed by atoms with Crippen LogP contribution in [0, 0.1) is 5.92 Å². The Labute approximate surface area is 149 Å². The number of rotatable bonds is 4. The molecular weight excluding hydrogens is 344 g/mol. The highest BCUT2D eigenvalue weighted by Crippen LogP contribution is 2.37. The van der Waals surface area contributed by atoms with E-state index in [9.17, 15) is 13.6 Å². The Kier molecular flexibility index (Phi) is 4.37. The number of hydrogen-bond acceptors (Lipinski definition) is 3. The van der Waals surface area contributed by atoms with Crippen LogP contribution in [0.15, 0.2) is 35.2 Å². The lowest BCUT2D eigenvalue weighted by molar-refractivity contribution is -0.133. The van der Waals surface area contributed by atoms with Crippen molar-refractivity contribution in [1.82, 2.24) is 14.8 Å². The summed E-state index contributed by atoms with van der Waals surface area (Å²) < 4.78 is 28.1. The van der Waals surface area contributed by atoms with Gasteiger partial charge in [0.1, 0.15) is 0 Å². The largest absolute Gasteiger partial charge is 0.353 e. The summed E-state index contributed by atoms with van der Waals surface area (Å²) in [7, 11) is 0. The molecule has 0 aromatic carbocycles. The maximum atomic E-state index is 13.0. The van der Waals surface area contributed by atoms with Crippen molar-refractivity contribution in [3.05, 3.63) is 46.4 Å². The first-order chi connectivity index (χ1) is 12.0. The number of halogens is 2. The lowest BCUT2D eigenvalue weighted by Gasteiger charge is -2.36. The molecule has 2 aromatic heterocycles. The molecule has 0 saturated heterocycles. The molecule has 3 heterocycles. The van der Waals surface area contributed by atoms with Crippen LogP contribution in [0.3, 0.4) is 0 Å². The van der Waals surface area contributed by atoms with E-state index in [1.54, 1.807) is 11.3 Å². The molecule has 134 valence electrons. The van der Waals surface area contributed by atoms with Crippen molar-refractivity contribution < 1.29 is 13.6 Å². The molecule has 0 spiro atoms. The van der Waals surface area contributed by atoms with Gasteiger partial charge in [0.15, 0.2) is 0 Å². The third-order valence-electron chi connectivity index (χ3n) is 5.00. The van der Waals surface area contributed by atoms with Crippen LogP contribution < -0.4 is 5.32 Å². The van der Waals surface area contributed by atoms with E-state index in [-0.39, 0.29) is 30.7 Å². The van der Waals surface area contributed by atoms with E-state index in [4.69, 9.17) is 0 Å². The van der Waals surface area contributed by atoms with Crippen molar-refractivity contribution in [2.24, 2.45) is 5.92 Å². The summed E-state index contributed by atoms with van der Waals surface area (Å²) in [5, 5.41) is 6.99. The van der Waals surface area contributed by atoms with Crippen molar-refractivity contribution in [1.29, 1.82) is 0 Å². The molecule has 7 heteroatoms. The van der Waals surface area contributed by atoms with E-state index in [2.05, 4.69) is 37.7 Å². The Bertz CT molecular complexity index is 735. The van der Waals surface area contributed by atoms with Gasteiger partial charge in [0.2, 0.25) is 5.91 Å². The number of fused-ring (bicyclic) bond motifs is 1. The number of amides is 1. The maximum Gasteiger partial charge on any atom is 0.252 e. The van der Waals surface area contributed by atoms with Gasteiger partial charge in [-0.05, 0) is 34.5 Å². The Hall–Kier alpha value is -1.73. The molecule has 1 fully saturated rings. The van der Waals surface area contributed by atoms with Gasteiger partial charge in [-0.15, -0.1) is 0 Å². The van der Waals surface area contributed by atoms with Crippen molar-refractivity contribution in [2.45, 2.75) is 44.4 Å². The van der Waals surface area contributed by atoms with Crippen molar-refractivity contribution in [3.63, 3.8) is 0 Å². The third kappa shape index (κ3) is 3.77. The summed E-state index contributed by atoms with van der Waals surface area (Å²) in [5.74, 6) is -2.96. The minimum atomic E-state index is -2.61. The van der Waals surface area contributed by atoms with Gasteiger partial charge >= 0.3 is 0 Å². The van der Waals surface area contributed by atoms with Gasteiger partial charge in [-0.1, -0.05) is 0 Å². The predicted octanol–water partition coefficient (Wildman–Crippen LogP) is 3.10. The second-order valence-corrected chi connectivity index (χ2v) is 7.90. The smallest absolute Gasteiger partial charge is 0.252 e. The minimum absolute atomic E-state index is 0.114. The van der Waals surface area contributed by atoms with Crippen LogP contribution in [0.2, 0.25) is 0 Å². The summed E-state index contributed by atoms with van der Waals surface area (Å²) >= 11 is 1.66. The molecule has 1 atom stereocenters. The van der Waals surface area contributed by atoms with Crippen LogP contribution >= 0.6 is 11.3 Å². The zero-order valence-corrected chi connectivity index (χ0v) is 14.6. The molecule has 2 aliphatic rings. The first-order valence-corrected chi connectivity index (χ1v) is 9.48. The quantitative estimate of drug-likeness (QED) is 0.904. The van der Waals surface area contributed by atoms with Crippen molar-refractivity contribution in [3.8, 4) is 0 Å². The lowest BCUT2D eigenvalue weighted by atomic mass is 9.87. The van der Waals surface area contributed by atoms with Crippen LogP contribution in [0.25, 0.3) is 0 Å².